The zero-order valence-electron chi connectivity index (χ0n) is 10.5. The Morgan fingerprint density at radius 1 is 1.65 bits per heavy atom. The van der Waals surface area contributed by atoms with Gasteiger partial charge < -0.3 is 10.6 Å². The number of nitrogens with zero attached hydrogens (tertiary/aromatic N) is 3. The van der Waals surface area contributed by atoms with Crippen molar-refractivity contribution in [2.75, 3.05) is 12.3 Å². The summed E-state index contributed by atoms with van der Waals surface area (Å²) in [6, 6.07) is 0.420. The van der Waals surface area contributed by atoms with Crippen molar-refractivity contribution in [3.63, 3.8) is 0 Å². The van der Waals surface area contributed by atoms with Crippen LogP contribution in [0.3, 0.4) is 0 Å². The van der Waals surface area contributed by atoms with Gasteiger partial charge in [-0.1, -0.05) is 13.3 Å². The summed E-state index contributed by atoms with van der Waals surface area (Å²) in [7, 11) is 1.76. The SMILES string of the molecule is CCCCN(C(=O)c1c(N)cnn1C)C1CC1. The van der Waals surface area contributed by atoms with Gasteiger partial charge >= 0.3 is 0 Å². The number of amides is 1. The number of hydrogen-bond acceptors (Lipinski definition) is 3. The van der Waals surface area contributed by atoms with E-state index in [4.69, 9.17) is 5.73 Å². The highest BCUT2D eigenvalue weighted by molar-refractivity contribution is 5.97. The first-order chi connectivity index (χ1) is 8.15. The number of carbonyl (C=O) groups excluding carboxylic acids is 1. The Labute approximate surface area is 102 Å². The maximum atomic E-state index is 12.4. The zero-order chi connectivity index (χ0) is 12.4. The standard InChI is InChI=1S/C12H20N4O/c1-3-4-7-16(9-5-6-9)12(17)11-10(13)8-14-15(11)2/h8-9H,3-7,13H2,1-2H3. The van der Waals surface area contributed by atoms with Crippen LogP contribution < -0.4 is 5.73 Å². The van der Waals surface area contributed by atoms with Gasteiger partial charge in [0.2, 0.25) is 0 Å². The van der Waals surface area contributed by atoms with E-state index in [-0.39, 0.29) is 5.91 Å². The molecular weight excluding hydrogens is 216 g/mol. The van der Waals surface area contributed by atoms with Crippen LogP contribution in [0.15, 0.2) is 6.20 Å². The molecule has 1 heterocycles. The van der Waals surface area contributed by atoms with Crippen molar-refractivity contribution < 1.29 is 4.79 Å². The fourth-order valence-corrected chi connectivity index (χ4v) is 2.02. The average molecular weight is 236 g/mol. The van der Waals surface area contributed by atoms with Crippen LogP contribution in [0.1, 0.15) is 43.1 Å². The molecule has 0 aromatic carbocycles. The van der Waals surface area contributed by atoms with Crippen LogP contribution in [0.25, 0.3) is 0 Å². The van der Waals surface area contributed by atoms with Gasteiger partial charge in [0.15, 0.2) is 0 Å². The molecule has 0 spiro atoms. The molecule has 1 aromatic heterocycles. The summed E-state index contributed by atoms with van der Waals surface area (Å²) in [5.74, 6) is 0.0263. The van der Waals surface area contributed by atoms with Crippen LogP contribution in [0.5, 0.6) is 0 Å². The molecule has 0 aliphatic heterocycles. The second-order valence-electron chi connectivity index (χ2n) is 4.66. The van der Waals surface area contributed by atoms with Gasteiger partial charge in [0, 0.05) is 19.6 Å². The number of aryl methyl sites for hydroxylation is 1. The first-order valence-corrected chi connectivity index (χ1v) is 6.23. The van der Waals surface area contributed by atoms with Crippen molar-refractivity contribution in [1.29, 1.82) is 0 Å². The molecule has 1 aliphatic carbocycles. The van der Waals surface area contributed by atoms with Crippen molar-refractivity contribution >= 4 is 11.6 Å². The zero-order valence-corrected chi connectivity index (χ0v) is 10.5. The number of aromatic nitrogens is 2. The normalized spacial score (nSPS) is 14.9. The lowest BCUT2D eigenvalue weighted by Crippen LogP contribution is -2.35. The average Bonchev–Trinajstić information content (AvgIpc) is 3.06. The smallest absolute Gasteiger partial charge is 0.274 e. The summed E-state index contributed by atoms with van der Waals surface area (Å²) in [6.07, 6.45) is 5.91. The molecular formula is C12H20N4O. The van der Waals surface area contributed by atoms with Crippen LogP contribution in [0, 0.1) is 0 Å². The predicted molar refractivity (Wildman–Crippen MR) is 66.6 cm³/mol. The lowest BCUT2D eigenvalue weighted by atomic mass is 10.2. The number of hydrogen-bond donors (Lipinski definition) is 1. The Morgan fingerprint density at radius 3 is 2.82 bits per heavy atom. The van der Waals surface area contributed by atoms with Gasteiger partial charge in [-0.3, -0.25) is 9.48 Å². The number of unbranched alkanes of at least 4 members (excludes halogenated alkanes) is 1. The Balaban J connectivity index is 2.16. The monoisotopic (exact) mass is 236 g/mol. The van der Waals surface area contributed by atoms with E-state index in [1.807, 2.05) is 4.90 Å². The van der Waals surface area contributed by atoms with Crippen LogP contribution >= 0.6 is 0 Å². The Bertz CT molecular complexity index is 389. The molecule has 1 aromatic rings. The third kappa shape index (κ3) is 2.43. The summed E-state index contributed by atoms with van der Waals surface area (Å²) < 4.78 is 1.57. The molecule has 0 unspecified atom stereocenters. The highest BCUT2D eigenvalue weighted by atomic mass is 16.2. The molecule has 17 heavy (non-hydrogen) atoms. The van der Waals surface area contributed by atoms with E-state index in [0.29, 0.717) is 17.4 Å². The van der Waals surface area contributed by atoms with Crippen molar-refractivity contribution in [1.82, 2.24) is 14.7 Å². The number of anilines is 1. The highest BCUT2D eigenvalue weighted by Gasteiger charge is 2.34. The maximum absolute atomic E-state index is 12.4. The van der Waals surface area contributed by atoms with Gasteiger partial charge in [-0.15, -0.1) is 0 Å². The summed E-state index contributed by atoms with van der Waals surface area (Å²) in [4.78, 5) is 14.4. The van der Waals surface area contributed by atoms with Crippen LogP contribution in [-0.4, -0.2) is 33.2 Å². The van der Waals surface area contributed by atoms with E-state index in [9.17, 15) is 4.79 Å². The number of nitrogen functional groups attached to an aromatic ring is 1. The minimum absolute atomic E-state index is 0.0263. The molecule has 2 rings (SSSR count). The molecule has 1 fully saturated rings. The molecule has 1 saturated carbocycles. The van der Waals surface area contributed by atoms with E-state index in [2.05, 4.69) is 12.0 Å². The molecule has 5 heteroatoms. The Kier molecular flexibility index (Phi) is 3.36. The second-order valence-corrected chi connectivity index (χ2v) is 4.66. The quantitative estimate of drug-likeness (QED) is 0.840. The van der Waals surface area contributed by atoms with Gasteiger partial charge in [-0.2, -0.15) is 5.10 Å². The third-order valence-electron chi connectivity index (χ3n) is 3.17. The minimum atomic E-state index is 0.0263. The minimum Gasteiger partial charge on any atom is -0.396 e. The molecule has 0 atom stereocenters. The molecule has 1 amide bonds. The maximum Gasteiger partial charge on any atom is 0.274 e. The third-order valence-corrected chi connectivity index (χ3v) is 3.17. The van der Waals surface area contributed by atoms with E-state index < -0.39 is 0 Å². The Morgan fingerprint density at radius 2 is 2.35 bits per heavy atom. The first kappa shape index (κ1) is 12.0. The molecule has 0 radical (unpaired) electrons. The molecule has 5 nitrogen and oxygen atoms in total. The van der Waals surface area contributed by atoms with Gasteiger partial charge in [0.1, 0.15) is 5.69 Å². The first-order valence-electron chi connectivity index (χ1n) is 6.23. The lowest BCUT2D eigenvalue weighted by Gasteiger charge is -2.22. The summed E-state index contributed by atoms with van der Waals surface area (Å²) in [6.45, 7) is 2.96. The van der Waals surface area contributed by atoms with Crippen LogP contribution in [0.4, 0.5) is 5.69 Å². The van der Waals surface area contributed by atoms with Gasteiger partial charge in [0.25, 0.3) is 5.91 Å². The lowest BCUT2D eigenvalue weighted by molar-refractivity contribution is 0.0730. The summed E-state index contributed by atoms with van der Waals surface area (Å²) in [5, 5.41) is 4.02. The predicted octanol–water partition coefficient (Wildman–Crippen LogP) is 1.41. The van der Waals surface area contributed by atoms with Gasteiger partial charge in [-0.25, -0.2) is 0 Å². The molecule has 0 bridgehead atoms. The van der Waals surface area contributed by atoms with E-state index >= 15 is 0 Å². The Hall–Kier alpha value is -1.52. The molecule has 0 saturated heterocycles. The van der Waals surface area contributed by atoms with Crippen LogP contribution in [-0.2, 0) is 7.05 Å². The van der Waals surface area contributed by atoms with Gasteiger partial charge in [-0.05, 0) is 19.3 Å². The molecule has 1 aliphatic rings. The largest absolute Gasteiger partial charge is 0.396 e. The van der Waals surface area contributed by atoms with Crippen molar-refractivity contribution in [3.8, 4) is 0 Å². The summed E-state index contributed by atoms with van der Waals surface area (Å²) in [5.41, 5.74) is 6.79. The topological polar surface area (TPSA) is 64.2 Å². The van der Waals surface area contributed by atoms with Crippen molar-refractivity contribution in [2.24, 2.45) is 7.05 Å². The van der Waals surface area contributed by atoms with Gasteiger partial charge in [0.05, 0.1) is 11.9 Å². The highest BCUT2D eigenvalue weighted by Crippen LogP contribution is 2.29. The van der Waals surface area contributed by atoms with Crippen molar-refractivity contribution in [3.05, 3.63) is 11.9 Å². The van der Waals surface area contributed by atoms with E-state index in [1.54, 1.807) is 11.7 Å². The fraction of sp³-hybridized carbons (Fsp3) is 0.667. The summed E-state index contributed by atoms with van der Waals surface area (Å²) >= 11 is 0. The second kappa shape index (κ2) is 4.77. The van der Waals surface area contributed by atoms with Crippen molar-refractivity contribution in [2.45, 2.75) is 38.6 Å². The van der Waals surface area contributed by atoms with E-state index in [0.717, 1.165) is 32.2 Å². The fourth-order valence-electron chi connectivity index (χ4n) is 2.02. The molecule has 94 valence electrons. The molecule has 2 N–H and O–H groups in total. The number of rotatable bonds is 5. The number of carbonyl (C=O) groups is 1. The van der Waals surface area contributed by atoms with Crippen LogP contribution in [0.2, 0.25) is 0 Å². The van der Waals surface area contributed by atoms with E-state index in [1.165, 1.54) is 6.20 Å². The number of nitrogens with two attached hydrogens (primary N) is 1.